The average molecular weight is 660 g/mol. The largest absolute Gasteiger partial charge is 0.418 e. The van der Waals surface area contributed by atoms with E-state index in [4.69, 9.17) is 25.8 Å². The Kier molecular flexibility index (Phi) is 7.70. The molecule has 5 heterocycles. The predicted molar refractivity (Wildman–Crippen MR) is 155 cm³/mol. The molecule has 0 saturated carbocycles. The molecule has 2 fully saturated rings. The van der Waals surface area contributed by atoms with Gasteiger partial charge in [-0.05, 0) is 32.0 Å². The highest BCUT2D eigenvalue weighted by Crippen LogP contribution is 2.45. The molecule has 45 heavy (non-hydrogen) atoms. The molecule has 2 aliphatic rings. The number of aromatic nitrogens is 7. The first kappa shape index (κ1) is 30.0. The molecule has 1 N–H and O–H groups in total. The Labute approximate surface area is 263 Å². The molecule has 0 spiro atoms. The van der Waals surface area contributed by atoms with Crippen molar-refractivity contribution in [2.24, 2.45) is 0 Å². The number of alkyl halides is 3. The van der Waals surface area contributed by atoms with Gasteiger partial charge in [0, 0.05) is 21.7 Å². The van der Waals surface area contributed by atoms with Crippen LogP contribution in [0.3, 0.4) is 0 Å². The van der Waals surface area contributed by atoms with E-state index in [-0.39, 0.29) is 29.0 Å². The van der Waals surface area contributed by atoms with E-state index in [2.05, 4.69) is 25.5 Å². The van der Waals surface area contributed by atoms with E-state index in [1.807, 2.05) is 42.6 Å². The molecule has 3 aromatic heterocycles. The second kappa shape index (κ2) is 11.6. The predicted octanol–water partition coefficient (Wildman–Crippen LogP) is 5.43. The summed E-state index contributed by atoms with van der Waals surface area (Å²) in [7, 11) is 0. The fourth-order valence-electron chi connectivity index (χ4n) is 5.69. The summed E-state index contributed by atoms with van der Waals surface area (Å²) in [5, 5.41) is 31.5. The zero-order valence-corrected chi connectivity index (χ0v) is 25.2. The lowest BCUT2D eigenvalue weighted by molar-refractivity contribution is -0.319. The smallest absolute Gasteiger partial charge is 0.388 e. The fourth-order valence-corrected chi connectivity index (χ4v) is 6.61. The lowest BCUT2D eigenvalue weighted by Gasteiger charge is -2.47. The number of aliphatic hydroxyl groups is 1. The van der Waals surface area contributed by atoms with Crippen LogP contribution in [0.1, 0.15) is 46.9 Å². The van der Waals surface area contributed by atoms with Crippen molar-refractivity contribution >= 4 is 22.9 Å². The number of nitrogens with zero attached hydrogens (tertiary/aromatic N) is 7. The van der Waals surface area contributed by atoms with E-state index in [0.29, 0.717) is 10.7 Å². The third kappa shape index (κ3) is 5.53. The van der Waals surface area contributed by atoms with Crippen LogP contribution < -0.4 is 0 Å². The number of hydrogen-bond acceptors (Lipinski definition) is 10. The van der Waals surface area contributed by atoms with Gasteiger partial charge < -0.3 is 19.3 Å². The molecule has 0 aliphatic carbocycles. The third-order valence-electron chi connectivity index (χ3n) is 7.71. The zero-order valence-electron chi connectivity index (χ0n) is 23.7. The van der Waals surface area contributed by atoms with E-state index in [1.54, 1.807) is 6.20 Å². The third-order valence-corrected chi connectivity index (χ3v) is 8.93. The Balaban J connectivity index is 1.31. The van der Waals surface area contributed by atoms with Gasteiger partial charge in [0.1, 0.15) is 47.0 Å². The highest BCUT2D eigenvalue weighted by molar-refractivity contribution is 7.13. The maximum absolute atomic E-state index is 14.1. The van der Waals surface area contributed by atoms with Gasteiger partial charge in [-0.25, -0.2) is 9.67 Å². The van der Waals surface area contributed by atoms with Crippen LogP contribution in [0.25, 0.3) is 16.4 Å². The van der Waals surface area contributed by atoms with Crippen molar-refractivity contribution in [3.8, 4) is 16.4 Å². The van der Waals surface area contributed by atoms with Crippen molar-refractivity contribution in [3.63, 3.8) is 0 Å². The van der Waals surface area contributed by atoms with Crippen LogP contribution in [-0.2, 0) is 20.4 Å². The first-order chi connectivity index (χ1) is 21.6. The topological polar surface area (TPSA) is 122 Å². The van der Waals surface area contributed by atoms with Gasteiger partial charge in [-0.15, -0.1) is 26.6 Å². The monoisotopic (exact) mass is 659 g/mol. The first-order valence-corrected chi connectivity index (χ1v) is 15.1. The number of aryl methyl sites for hydroxylation is 2. The molecular formula is C29H25ClF3N7O4S. The molecule has 6 atom stereocenters. The molecule has 0 bridgehead atoms. The number of ether oxygens (including phenoxy) is 3. The fraction of sp³-hybridized carbons (Fsp3) is 0.345. The van der Waals surface area contributed by atoms with Gasteiger partial charge in [0.25, 0.3) is 0 Å². The van der Waals surface area contributed by atoms with Gasteiger partial charge in [0.2, 0.25) is 0 Å². The van der Waals surface area contributed by atoms with E-state index < -0.39 is 48.5 Å². The molecule has 16 heteroatoms. The van der Waals surface area contributed by atoms with Gasteiger partial charge in [-0.2, -0.15) is 13.2 Å². The number of fused-ring (bicyclic) bond motifs is 1. The summed E-state index contributed by atoms with van der Waals surface area (Å²) in [6.07, 6.45) is -8.09. The van der Waals surface area contributed by atoms with Crippen LogP contribution in [0.15, 0.2) is 60.1 Å². The maximum Gasteiger partial charge on any atom is 0.418 e. The molecule has 0 amide bonds. The normalized spacial score (nSPS) is 25.3. The van der Waals surface area contributed by atoms with Crippen molar-refractivity contribution < 1.29 is 32.5 Å². The van der Waals surface area contributed by atoms with Crippen molar-refractivity contribution in [2.75, 3.05) is 6.61 Å². The van der Waals surface area contributed by atoms with E-state index >= 15 is 0 Å². The quantitative estimate of drug-likeness (QED) is 0.263. The van der Waals surface area contributed by atoms with E-state index in [9.17, 15) is 18.3 Å². The van der Waals surface area contributed by atoms with Gasteiger partial charge >= 0.3 is 6.18 Å². The van der Waals surface area contributed by atoms with Crippen molar-refractivity contribution in [1.29, 1.82) is 0 Å². The maximum atomic E-state index is 14.1. The van der Waals surface area contributed by atoms with Crippen LogP contribution in [0, 0.1) is 13.8 Å². The minimum absolute atomic E-state index is 0.0509. The average Bonchev–Trinajstić information content (AvgIpc) is 3.76. The van der Waals surface area contributed by atoms with Crippen molar-refractivity contribution in [2.45, 2.75) is 56.8 Å². The van der Waals surface area contributed by atoms with Gasteiger partial charge in [0.05, 0.1) is 24.1 Å². The minimum Gasteiger partial charge on any atom is -0.388 e. The Morgan fingerprint density at radius 3 is 2.58 bits per heavy atom. The molecule has 2 aromatic carbocycles. The molecule has 2 aliphatic heterocycles. The lowest BCUT2D eigenvalue weighted by Crippen LogP contribution is -2.57. The summed E-state index contributed by atoms with van der Waals surface area (Å²) in [6, 6.07) is 11.6. The van der Waals surface area contributed by atoms with Gasteiger partial charge in [0.15, 0.2) is 12.1 Å². The van der Waals surface area contributed by atoms with Crippen LogP contribution in [0.4, 0.5) is 13.2 Å². The number of aliphatic hydroxyl groups excluding tert-OH is 1. The second-order valence-corrected chi connectivity index (χ2v) is 12.0. The van der Waals surface area contributed by atoms with Crippen LogP contribution in [-0.4, -0.2) is 64.8 Å². The Morgan fingerprint density at radius 2 is 1.84 bits per heavy atom. The standard InChI is InChI=1S/C29H25ClF3N7O4S/c1-14-13-45-27(34-14)19-11-39(38-36-19)22-23(41)25(43-21-12-42-28(44-24(21)22)16-6-4-3-5-7-16)26-37-35-15(2)40(26)20-10-17(30)8-9-18(20)29(31,32)33/h3-11,13,21-25,28,41H,12H2,1-2H3/t21-,22-,23-,24+,25-,28?/m1/s1. The van der Waals surface area contributed by atoms with Gasteiger partial charge in [-0.3, -0.25) is 4.57 Å². The minimum atomic E-state index is -4.71. The highest BCUT2D eigenvalue weighted by atomic mass is 35.5. The molecule has 234 valence electrons. The summed E-state index contributed by atoms with van der Waals surface area (Å²) in [5.74, 6) is 0.0759. The summed E-state index contributed by atoms with van der Waals surface area (Å²) in [6.45, 7) is 3.42. The van der Waals surface area contributed by atoms with E-state index in [1.165, 1.54) is 33.6 Å². The van der Waals surface area contributed by atoms with Crippen LogP contribution in [0.2, 0.25) is 5.02 Å². The summed E-state index contributed by atoms with van der Waals surface area (Å²) < 4.78 is 63.9. The van der Waals surface area contributed by atoms with Crippen LogP contribution in [0.5, 0.6) is 0 Å². The zero-order chi connectivity index (χ0) is 31.5. The highest BCUT2D eigenvalue weighted by Gasteiger charge is 2.53. The first-order valence-electron chi connectivity index (χ1n) is 13.9. The molecule has 7 rings (SSSR count). The lowest BCUT2D eigenvalue weighted by atomic mass is 9.91. The van der Waals surface area contributed by atoms with Gasteiger partial charge in [-0.1, -0.05) is 47.1 Å². The Bertz CT molecular complexity index is 1830. The molecule has 1 unspecified atom stereocenters. The molecular weight excluding hydrogens is 635 g/mol. The van der Waals surface area contributed by atoms with Crippen LogP contribution >= 0.6 is 22.9 Å². The van der Waals surface area contributed by atoms with E-state index in [0.717, 1.165) is 23.4 Å². The summed E-state index contributed by atoms with van der Waals surface area (Å²) >= 11 is 7.56. The summed E-state index contributed by atoms with van der Waals surface area (Å²) in [4.78, 5) is 4.48. The number of rotatable bonds is 5. The summed E-state index contributed by atoms with van der Waals surface area (Å²) in [5.41, 5.74) is 0.817. The number of thiazole rings is 1. The van der Waals surface area contributed by atoms with Crippen molar-refractivity contribution in [1.82, 2.24) is 34.7 Å². The molecule has 11 nitrogen and oxygen atoms in total. The number of hydrogen-bond donors (Lipinski definition) is 1. The Morgan fingerprint density at radius 1 is 1.04 bits per heavy atom. The SMILES string of the molecule is Cc1csc(-c2cn([C@@H]3[C@@H](O)[C@H](c4nnc(C)n4-c4cc(Cl)ccc4C(F)(F)F)O[C@@H]4COC(c5ccccc5)O[C@H]34)nn2)n1. The molecule has 5 aromatic rings. The Hall–Kier alpha value is -3.73. The van der Waals surface area contributed by atoms with Crippen molar-refractivity contribution in [3.05, 3.63) is 93.6 Å². The number of halogens is 4. The molecule has 2 saturated heterocycles. The molecule has 0 radical (unpaired) electrons. The number of benzene rings is 2. The second-order valence-electron chi connectivity index (χ2n) is 10.7.